The van der Waals surface area contributed by atoms with E-state index in [4.69, 9.17) is 32.7 Å². The van der Waals surface area contributed by atoms with Crippen molar-refractivity contribution in [1.29, 1.82) is 0 Å². The molecule has 0 atom stereocenters. The second-order valence-corrected chi connectivity index (χ2v) is 9.05. The zero-order valence-electron chi connectivity index (χ0n) is 16.9. The van der Waals surface area contributed by atoms with E-state index in [9.17, 15) is 18.4 Å². The van der Waals surface area contributed by atoms with Gasteiger partial charge in [-0.3, -0.25) is 9.59 Å². The Kier molecular flexibility index (Phi) is 6.18. The van der Waals surface area contributed by atoms with E-state index >= 15 is 0 Å². The number of hydrogen-bond donors (Lipinski definition) is 2. The van der Waals surface area contributed by atoms with Crippen molar-refractivity contribution < 1.29 is 27.8 Å². The monoisotopic (exact) mass is 484 g/mol. The smallest absolute Gasteiger partial charge is 0.258 e. The summed E-state index contributed by atoms with van der Waals surface area (Å²) < 4.78 is 37.3. The number of ether oxygens (including phenoxy) is 2. The summed E-state index contributed by atoms with van der Waals surface area (Å²) in [6.45, 7) is -0.481. The van der Waals surface area contributed by atoms with E-state index in [0.717, 1.165) is 18.9 Å². The van der Waals surface area contributed by atoms with Crippen LogP contribution in [0.15, 0.2) is 36.4 Å². The normalized spacial score (nSPS) is 23.2. The molecule has 2 bridgehead atoms. The molecule has 2 amide bonds. The summed E-state index contributed by atoms with van der Waals surface area (Å²) in [5.41, 5.74) is -0.765. The predicted octanol–water partition coefficient (Wildman–Crippen LogP) is 4.03. The van der Waals surface area contributed by atoms with E-state index in [1.807, 2.05) is 0 Å². The van der Waals surface area contributed by atoms with Gasteiger partial charge in [0.1, 0.15) is 23.1 Å². The molecular formula is C22H20Cl2F2N2O4. The second-order valence-electron chi connectivity index (χ2n) is 8.24. The van der Waals surface area contributed by atoms with Crippen molar-refractivity contribution >= 4 is 35.0 Å². The topological polar surface area (TPSA) is 76.7 Å². The summed E-state index contributed by atoms with van der Waals surface area (Å²) in [7, 11) is 0. The van der Waals surface area contributed by atoms with E-state index < -0.39 is 11.6 Å². The van der Waals surface area contributed by atoms with Crippen LogP contribution in [0.2, 0.25) is 10.0 Å². The van der Waals surface area contributed by atoms with Gasteiger partial charge in [-0.2, -0.15) is 0 Å². The molecule has 2 aromatic carbocycles. The number of carbonyl (C=O) groups excluding carboxylic acids is 2. The SMILES string of the molecule is O=C(COc1ccc(Cl)c(F)c1)NC12CCC(NC(=O)COc3ccc(F)c(Cl)c3)(C1)C2. The number of hydrogen-bond acceptors (Lipinski definition) is 4. The van der Waals surface area contributed by atoms with Crippen molar-refractivity contribution in [2.75, 3.05) is 13.2 Å². The van der Waals surface area contributed by atoms with Crippen molar-refractivity contribution in [2.24, 2.45) is 0 Å². The molecule has 170 valence electrons. The van der Waals surface area contributed by atoms with Crippen LogP contribution in [0, 0.1) is 11.6 Å². The highest BCUT2D eigenvalue weighted by Crippen LogP contribution is 2.55. The van der Waals surface area contributed by atoms with Crippen LogP contribution < -0.4 is 20.1 Å². The van der Waals surface area contributed by atoms with Crippen LogP contribution in [0.3, 0.4) is 0 Å². The van der Waals surface area contributed by atoms with Gasteiger partial charge in [-0.15, -0.1) is 0 Å². The first-order valence-corrected chi connectivity index (χ1v) is 10.7. The van der Waals surface area contributed by atoms with Gasteiger partial charge in [0.15, 0.2) is 13.2 Å². The fourth-order valence-electron chi connectivity index (χ4n) is 4.47. The first kappa shape index (κ1) is 22.6. The fraction of sp³-hybridized carbons (Fsp3) is 0.364. The van der Waals surface area contributed by atoms with Crippen LogP contribution in [0.25, 0.3) is 0 Å². The van der Waals surface area contributed by atoms with Crippen LogP contribution in [0.4, 0.5) is 8.78 Å². The Morgan fingerprint density at radius 3 is 1.88 bits per heavy atom. The first-order valence-electron chi connectivity index (χ1n) is 9.95. The lowest BCUT2D eigenvalue weighted by Gasteiger charge is -2.48. The van der Waals surface area contributed by atoms with Crippen molar-refractivity contribution in [1.82, 2.24) is 10.6 Å². The van der Waals surface area contributed by atoms with Crippen molar-refractivity contribution in [3.8, 4) is 11.5 Å². The molecule has 32 heavy (non-hydrogen) atoms. The van der Waals surface area contributed by atoms with Gasteiger partial charge in [0.2, 0.25) is 0 Å². The van der Waals surface area contributed by atoms with Gasteiger partial charge in [-0.05, 0) is 49.9 Å². The first-order chi connectivity index (χ1) is 15.2. The van der Waals surface area contributed by atoms with Crippen LogP contribution >= 0.6 is 23.2 Å². The summed E-state index contributed by atoms with van der Waals surface area (Å²) >= 11 is 11.3. The average molecular weight is 485 g/mol. The summed E-state index contributed by atoms with van der Waals surface area (Å²) in [4.78, 5) is 24.6. The van der Waals surface area contributed by atoms with E-state index in [-0.39, 0.29) is 51.9 Å². The summed E-state index contributed by atoms with van der Waals surface area (Å²) in [5.74, 6) is -1.30. The largest absolute Gasteiger partial charge is 0.484 e. The van der Waals surface area contributed by atoms with Crippen molar-refractivity contribution in [3.05, 3.63) is 58.1 Å². The van der Waals surface area contributed by atoms with E-state index in [0.29, 0.717) is 18.6 Å². The van der Waals surface area contributed by atoms with Gasteiger partial charge in [0, 0.05) is 23.2 Å². The summed E-state index contributed by atoms with van der Waals surface area (Å²) in [5, 5.41) is 5.84. The number of carbonyl (C=O) groups is 2. The Bertz CT molecular complexity index is 979. The van der Waals surface area contributed by atoms with E-state index in [2.05, 4.69) is 10.6 Å². The number of halogens is 4. The Morgan fingerprint density at radius 2 is 1.34 bits per heavy atom. The molecule has 3 aliphatic rings. The minimum absolute atomic E-state index is 0.0219. The lowest BCUT2D eigenvalue weighted by atomic mass is 9.71. The molecule has 0 aliphatic heterocycles. The number of amides is 2. The van der Waals surface area contributed by atoms with Crippen LogP contribution in [0.1, 0.15) is 25.7 Å². The molecule has 0 radical (unpaired) electrons. The molecular weight excluding hydrogens is 465 g/mol. The van der Waals surface area contributed by atoms with Crippen LogP contribution in [-0.4, -0.2) is 36.1 Å². The third kappa shape index (κ3) is 4.91. The predicted molar refractivity (Wildman–Crippen MR) is 114 cm³/mol. The molecule has 3 aliphatic carbocycles. The number of nitrogens with one attached hydrogen (secondary N) is 2. The molecule has 0 heterocycles. The highest BCUT2D eigenvalue weighted by atomic mass is 35.5. The molecule has 3 saturated carbocycles. The maximum absolute atomic E-state index is 13.5. The van der Waals surface area contributed by atoms with Gasteiger partial charge < -0.3 is 20.1 Å². The molecule has 10 heteroatoms. The Hall–Kier alpha value is -2.58. The highest BCUT2D eigenvalue weighted by molar-refractivity contribution is 6.31. The van der Waals surface area contributed by atoms with Crippen LogP contribution in [-0.2, 0) is 9.59 Å². The number of fused-ring (bicyclic) bond motifs is 1. The summed E-state index contributed by atoms with van der Waals surface area (Å²) in [6.07, 6.45) is 2.67. The molecule has 5 rings (SSSR count). The Balaban J connectivity index is 1.22. The third-order valence-electron chi connectivity index (χ3n) is 5.77. The molecule has 6 nitrogen and oxygen atoms in total. The van der Waals surface area contributed by atoms with Gasteiger partial charge >= 0.3 is 0 Å². The van der Waals surface area contributed by atoms with Gasteiger partial charge in [0.05, 0.1) is 10.0 Å². The number of benzene rings is 2. The second kappa shape index (κ2) is 8.75. The molecule has 0 aromatic heterocycles. The zero-order chi connectivity index (χ0) is 22.9. The minimum atomic E-state index is -0.620. The van der Waals surface area contributed by atoms with E-state index in [1.54, 1.807) is 0 Å². The number of rotatable bonds is 8. The molecule has 2 N–H and O–H groups in total. The fourth-order valence-corrected chi connectivity index (χ4v) is 4.76. The lowest BCUT2D eigenvalue weighted by molar-refractivity contribution is -0.128. The Morgan fingerprint density at radius 1 is 0.812 bits per heavy atom. The van der Waals surface area contributed by atoms with Gasteiger partial charge in [-0.1, -0.05) is 23.2 Å². The quantitative estimate of drug-likeness (QED) is 0.592. The standard InChI is InChI=1S/C22H20Cl2F2N2O4/c23-15-3-1-14(8-18(15)26)32-10-20(30)28-22-6-5-21(11-22,12-22)27-19(29)9-31-13-2-4-17(25)16(24)7-13/h1-4,7-8H,5-6,9-12H2,(H,27,29)(H,28,30). The summed E-state index contributed by atoms with van der Waals surface area (Å²) in [6, 6.07) is 7.83. The van der Waals surface area contributed by atoms with E-state index in [1.165, 1.54) is 30.3 Å². The van der Waals surface area contributed by atoms with Crippen LogP contribution in [0.5, 0.6) is 11.5 Å². The minimum Gasteiger partial charge on any atom is -0.484 e. The zero-order valence-corrected chi connectivity index (χ0v) is 18.4. The maximum Gasteiger partial charge on any atom is 0.258 e. The third-order valence-corrected chi connectivity index (χ3v) is 6.36. The highest BCUT2D eigenvalue weighted by Gasteiger charge is 2.62. The molecule has 2 aromatic rings. The maximum atomic E-state index is 13.5. The molecule has 0 saturated heterocycles. The molecule has 0 unspecified atom stereocenters. The average Bonchev–Trinajstić information content (AvgIpc) is 3.24. The van der Waals surface area contributed by atoms with Crippen molar-refractivity contribution in [3.63, 3.8) is 0 Å². The van der Waals surface area contributed by atoms with Gasteiger partial charge in [0.25, 0.3) is 11.8 Å². The van der Waals surface area contributed by atoms with Crippen molar-refractivity contribution in [2.45, 2.75) is 36.8 Å². The molecule has 0 spiro atoms. The van der Waals surface area contributed by atoms with Gasteiger partial charge in [-0.25, -0.2) is 8.78 Å². The lowest BCUT2D eigenvalue weighted by Crippen LogP contribution is -2.65. The Labute approximate surface area is 193 Å². The molecule has 3 fully saturated rings.